The number of benzene rings is 2. The maximum absolute atomic E-state index is 12.7. The number of ketones is 1. The molecule has 4 rings (SSSR count). The highest BCUT2D eigenvalue weighted by atomic mass is 79.9. The molecule has 0 aliphatic heterocycles. The molecule has 2 aromatic heterocycles. The Morgan fingerprint density at radius 1 is 1.07 bits per heavy atom. The number of halogens is 1. The van der Waals surface area contributed by atoms with Crippen LogP contribution in [0.15, 0.2) is 82.7 Å². The monoisotopic (exact) mass is 480 g/mol. The van der Waals surface area contributed by atoms with E-state index in [9.17, 15) is 4.79 Å². The van der Waals surface area contributed by atoms with E-state index in [1.807, 2.05) is 53.1 Å². The van der Waals surface area contributed by atoms with Crippen LogP contribution in [0.4, 0.5) is 0 Å². The molecule has 0 N–H and O–H groups in total. The number of thioether (sulfide) groups is 1. The third kappa shape index (κ3) is 4.44. The maximum atomic E-state index is 12.7. The van der Waals surface area contributed by atoms with Crippen molar-refractivity contribution in [2.24, 2.45) is 0 Å². The molecule has 30 heavy (non-hydrogen) atoms. The van der Waals surface area contributed by atoms with Crippen molar-refractivity contribution in [3.8, 4) is 22.8 Å². The molecule has 2 aromatic carbocycles. The van der Waals surface area contributed by atoms with Crippen LogP contribution in [0, 0.1) is 0 Å². The summed E-state index contributed by atoms with van der Waals surface area (Å²) in [5.41, 5.74) is 2.41. The van der Waals surface area contributed by atoms with Gasteiger partial charge in [-0.05, 0) is 48.5 Å². The molecule has 0 spiro atoms. The van der Waals surface area contributed by atoms with E-state index in [0.29, 0.717) is 22.3 Å². The Morgan fingerprint density at radius 3 is 2.57 bits per heavy atom. The van der Waals surface area contributed by atoms with Crippen molar-refractivity contribution in [1.82, 2.24) is 19.7 Å². The number of ether oxygens (including phenoxy) is 1. The fourth-order valence-corrected chi connectivity index (χ4v) is 3.99. The van der Waals surface area contributed by atoms with Crippen molar-refractivity contribution in [2.75, 3.05) is 12.9 Å². The number of carbonyl (C=O) groups excluding carboxylic acids is 1. The molecule has 150 valence electrons. The Labute approximate surface area is 186 Å². The molecule has 0 amide bonds. The third-order valence-corrected chi connectivity index (χ3v) is 5.84. The van der Waals surface area contributed by atoms with Gasteiger partial charge in [0.1, 0.15) is 5.75 Å². The summed E-state index contributed by atoms with van der Waals surface area (Å²) >= 11 is 4.82. The molecule has 0 saturated heterocycles. The highest BCUT2D eigenvalue weighted by molar-refractivity contribution is 9.10. The molecule has 6 nitrogen and oxygen atoms in total. The van der Waals surface area contributed by atoms with Gasteiger partial charge in [-0.15, -0.1) is 10.2 Å². The summed E-state index contributed by atoms with van der Waals surface area (Å²) in [4.78, 5) is 16.8. The van der Waals surface area contributed by atoms with Gasteiger partial charge in [-0.3, -0.25) is 14.3 Å². The number of rotatable bonds is 7. The molecule has 0 radical (unpaired) electrons. The predicted octanol–water partition coefficient (Wildman–Crippen LogP) is 5.08. The topological polar surface area (TPSA) is 69.9 Å². The number of aromatic nitrogens is 4. The van der Waals surface area contributed by atoms with Crippen molar-refractivity contribution < 1.29 is 9.53 Å². The summed E-state index contributed by atoms with van der Waals surface area (Å²) in [5.74, 6) is 1.58. The number of hydrogen-bond donors (Lipinski definition) is 0. The van der Waals surface area contributed by atoms with E-state index >= 15 is 0 Å². The van der Waals surface area contributed by atoms with Gasteiger partial charge in [0.05, 0.1) is 12.9 Å². The van der Waals surface area contributed by atoms with Crippen molar-refractivity contribution in [1.29, 1.82) is 0 Å². The SMILES string of the molecule is COc1cccc(C(=O)CSc2nnc(-c3ccncc3)n2-c2ccc(Br)cc2)c1. The lowest BCUT2D eigenvalue weighted by Gasteiger charge is -2.10. The molecule has 0 saturated carbocycles. The van der Waals surface area contributed by atoms with Crippen LogP contribution in [0.5, 0.6) is 5.75 Å². The van der Waals surface area contributed by atoms with Gasteiger partial charge in [-0.1, -0.05) is 39.8 Å². The average molecular weight is 481 g/mol. The minimum Gasteiger partial charge on any atom is -0.497 e. The number of methoxy groups -OCH3 is 1. The molecule has 0 atom stereocenters. The first-order valence-electron chi connectivity index (χ1n) is 9.07. The highest BCUT2D eigenvalue weighted by Crippen LogP contribution is 2.29. The number of pyridine rings is 1. The van der Waals surface area contributed by atoms with Gasteiger partial charge in [0.15, 0.2) is 16.8 Å². The lowest BCUT2D eigenvalue weighted by atomic mass is 10.1. The Hall–Kier alpha value is -2.97. The minimum absolute atomic E-state index is 0.00489. The predicted molar refractivity (Wildman–Crippen MR) is 120 cm³/mol. The molecular formula is C22H17BrN4O2S. The Morgan fingerprint density at radius 2 is 1.83 bits per heavy atom. The summed E-state index contributed by atoms with van der Waals surface area (Å²) in [6.07, 6.45) is 3.43. The second-order valence-corrected chi connectivity index (χ2v) is 8.16. The molecular weight excluding hydrogens is 464 g/mol. The first kappa shape index (κ1) is 20.3. The van der Waals surface area contributed by atoms with E-state index in [1.54, 1.807) is 31.6 Å². The third-order valence-electron chi connectivity index (χ3n) is 4.38. The smallest absolute Gasteiger partial charge is 0.196 e. The van der Waals surface area contributed by atoms with Crippen molar-refractivity contribution in [3.05, 3.63) is 83.1 Å². The number of carbonyl (C=O) groups is 1. The first-order valence-corrected chi connectivity index (χ1v) is 10.9. The van der Waals surface area contributed by atoms with Crippen molar-refractivity contribution >= 4 is 33.5 Å². The van der Waals surface area contributed by atoms with Crippen LogP contribution in [0.25, 0.3) is 17.1 Å². The molecule has 0 aliphatic carbocycles. The normalized spacial score (nSPS) is 10.7. The quantitative estimate of drug-likeness (QED) is 0.271. The summed E-state index contributed by atoms with van der Waals surface area (Å²) in [7, 11) is 1.58. The number of nitrogens with zero attached hydrogens (tertiary/aromatic N) is 4. The summed E-state index contributed by atoms with van der Waals surface area (Å²) in [6, 6.07) is 18.8. The lowest BCUT2D eigenvalue weighted by Crippen LogP contribution is -2.05. The molecule has 4 aromatic rings. The summed E-state index contributed by atoms with van der Waals surface area (Å²) in [5, 5.41) is 9.38. The van der Waals surface area contributed by atoms with Gasteiger partial charge in [0.25, 0.3) is 0 Å². The van der Waals surface area contributed by atoms with E-state index in [4.69, 9.17) is 4.74 Å². The zero-order chi connectivity index (χ0) is 20.9. The van der Waals surface area contributed by atoms with E-state index < -0.39 is 0 Å². The van der Waals surface area contributed by atoms with Gasteiger partial charge in [-0.2, -0.15) is 0 Å². The van der Waals surface area contributed by atoms with Crippen LogP contribution in [-0.4, -0.2) is 38.4 Å². The van der Waals surface area contributed by atoms with Crippen LogP contribution in [-0.2, 0) is 0 Å². The largest absolute Gasteiger partial charge is 0.497 e. The standard InChI is InChI=1S/C22H17BrN4O2S/c1-29-19-4-2-3-16(13-19)20(28)14-30-22-26-25-21(15-9-11-24-12-10-15)27(22)18-7-5-17(23)6-8-18/h2-13H,14H2,1H3. The van der Waals surface area contributed by atoms with Gasteiger partial charge < -0.3 is 4.74 Å². The zero-order valence-corrected chi connectivity index (χ0v) is 18.4. The molecule has 8 heteroatoms. The van der Waals surface area contributed by atoms with Crippen molar-refractivity contribution in [3.63, 3.8) is 0 Å². The van der Waals surface area contributed by atoms with Crippen LogP contribution < -0.4 is 4.74 Å². The van der Waals surface area contributed by atoms with Crippen LogP contribution >= 0.6 is 27.7 Å². The van der Waals surface area contributed by atoms with E-state index in [2.05, 4.69) is 31.1 Å². The van der Waals surface area contributed by atoms with Gasteiger partial charge in [0, 0.05) is 33.7 Å². The van der Waals surface area contributed by atoms with Gasteiger partial charge in [0.2, 0.25) is 0 Å². The van der Waals surface area contributed by atoms with E-state index in [-0.39, 0.29) is 11.5 Å². The molecule has 2 heterocycles. The molecule has 0 aliphatic rings. The zero-order valence-electron chi connectivity index (χ0n) is 16.0. The summed E-state index contributed by atoms with van der Waals surface area (Å²) < 4.78 is 8.14. The maximum Gasteiger partial charge on any atom is 0.196 e. The second kappa shape index (κ2) is 9.23. The highest BCUT2D eigenvalue weighted by Gasteiger charge is 2.18. The average Bonchev–Trinajstić information content (AvgIpc) is 3.22. The van der Waals surface area contributed by atoms with E-state index in [1.165, 1.54) is 11.8 Å². The molecule has 0 fully saturated rings. The Kier molecular flexibility index (Phi) is 6.25. The lowest BCUT2D eigenvalue weighted by molar-refractivity contribution is 0.102. The van der Waals surface area contributed by atoms with Crippen molar-refractivity contribution in [2.45, 2.75) is 5.16 Å². The minimum atomic E-state index is -0.00489. The van der Waals surface area contributed by atoms with Gasteiger partial charge in [-0.25, -0.2) is 0 Å². The molecule has 0 unspecified atom stereocenters. The second-order valence-electron chi connectivity index (χ2n) is 6.30. The van der Waals surface area contributed by atoms with Crippen LogP contribution in [0.2, 0.25) is 0 Å². The van der Waals surface area contributed by atoms with E-state index in [0.717, 1.165) is 15.7 Å². The van der Waals surface area contributed by atoms with Gasteiger partial charge >= 0.3 is 0 Å². The molecule has 0 bridgehead atoms. The summed E-state index contributed by atoms with van der Waals surface area (Å²) in [6.45, 7) is 0. The Bertz CT molecular complexity index is 1160. The number of hydrogen-bond acceptors (Lipinski definition) is 6. The van der Waals surface area contributed by atoms with Crippen LogP contribution in [0.1, 0.15) is 10.4 Å². The van der Waals surface area contributed by atoms with Crippen LogP contribution in [0.3, 0.4) is 0 Å². The number of Topliss-reactive ketones (excluding diaryl/α,β-unsaturated/α-hetero) is 1. The Balaban J connectivity index is 1.65. The fourth-order valence-electron chi connectivity index (χ4n) is 2.88. The first-order chi connectivity index (χ1) is 14.7. The fraction of sp³-hybridized carbons (Fsp3) is 0.0909.